The van der Waals surface area contributed by atoms with Crippen molar-refractivity contribution < 1.29 is 18.7 Å². The topological polar surface area (TPSA) is 59.6 Å². The lowest BCUT2D eigenvalue weighted by molar-refractivity contribution is 0.102. The van der Waals surface area contributed by atoms with E-state index in [1.165, 1.54) is 0 Å². The minimum absolute atomic E-state index is 0.214. The van der Waals surface area contributed by atoms with Crippen molar-refractivity contribution in [1.29, 1.82) is 0 Å². The molecule has 1 amide bonds. The fourth-order valence-corrected chi connectivity index (χ4v) is 2.77. The van der Waals surface area contributed by atoms with Gasteiger partial charge in [-0.3, -0.25) is 4.79 Å². The zero-order chi connectivity index (χ0) is 17.6. The van der Waals surface area contributed by atoms with Crippen LogP contribution in [0.4, 0.5) is 10.1 Å². The van der Waals surface area contributed by atoms with Crippen LogP contribution in [0.15, 0.2) is 36.4 Å². The molecular weight excluding hydrogens is 323 g/mol. The molecule has 0 bridgehead atoms. The smallest absolute Gasteiger partial charge is 0.255 e. The molecule has 0 aliphatic carbocycles. The van der Waals surface area contributed by atoms with E-state index in [4.69, 9.17) is 9.47 Å². The summed E-state index contributed by atoms with van der Waals surface area (Å²) in [7, 11) is 1.60. The van der Waals surface area contributed by atoms with Crippen LogP contribution < -0.4 is 15.4 Å². The van der Waals surface area contributed by atoms with Gasteiger partial charge in [0.25, 0.3) is 5.91 Å². The molecule has 0 saturated carbocycles. The van der Waals surface area contributed by atoms with Crippen LogP contribution in [0.3, 0.4) is 0 Å². The summed E-state index contributed by atoms with van der Waals surface area (Å²) in [6.07, 6.45) is 0.623. The summed E-state index contributed by atoms with van der Waals surface area (Å²) in [5.41, 5.74) is 2.28. The molecule has 1 aliphatic heterocycles. The molecule has 0 aromatic heterocycles. The Labute approximate surface area is 146 Å². The van der Waals surface area contributed by atoms with E-state index < -0.39 is 0 Å². The Bertz CT molecular complexity index is 747. The summed E-state index contributed by atoms with van der Waals surface area (Å²) in [6.45, 7) is 2.34. The third-order valence-electron chi connectivity index (χ3n) is 4.13. The second-order valence-electron chi connectivity index (χ2n) is 5.81. The summed E-state index contributed by atoms with van der Waals surface area (Å²) in [6, 6.07) is 10.2. The first-order valence-electron chi connectivity index (χ1n) is 8.23. The molecular formula is C19H21FN2O3. The summed E-state index contributed by atoms with van der Waals surface area (Å²) in [5.74, 6) is -0.0378. The first kappa shape index (κ1) is 17.4. The van der Waals surface area contributed by atoms with Gasteiger partial charge < -0.3 is 20.1 Å². The molecule has 0 unspecified atom stereocenters. The second-order valence-corrected chi connectivity index (χ2v) is 5.81. The molecule has 5 nitrogen and oxygen atoms in total. The molecule has 3 rings (SSSR count). The maximum atomic E-state index is 14.6. The summed E-state index contributed by atoms with van der Waals surface area (Å²) in [4.78, 5) is 12.4. The Morgan fingerprint density at radius 1 is 1.20 bits per heavy atom. The highest BCUT2D eigenvalue weighted by Gasteiger charge is 2.18. The number of anilines is 1. The van der Waals surface area contributed by atoms with E-state index in [0.29, 0.717) is 43.1 Å². The maximum absolute atomic E-state index is 14.6. The van der Waals surface area contributed by atoms with E-state index in [1.807, 2.05) is 6.07 Å². The molecule has 132 valence electrons. The summed E-state index contributed by atoms with van der Waals surface area (Å²) in [5, 5.41) is 5.86. The number of hydrogen-bond acceptors (Lipinski definition) is 4. The predicted octanol–water partition coefficient (Wildman–Crippen LogP) is 2.75. The zero-order valence-corrected chi connectivity index (χ0v) is 14.1. The van der Waals surface area contributed by atoms with Crippen molar-refractivity contribution >= 4 is 11.6 Å². The van der Waals surface area contributed by atoms with Crippen LogP contribution in [0.5, 0.6) is 5.75 Å². The van der Waals surface area contributed by atoms with E-state index in [9.17, 15) is 9.18 Å². The Morgan fingerprint density at radius 2 is 2.00 bits per heavy atom. The van der Waals surface area contributed by atoms with Crippen LogP contribution in [-0.4, -0.2) is 32.8 Å². The molecule has 2 aromatic carbocycles. The largest absolute Gasteiger partial charge is 0.491 e. The molecule has 0 atom stereocenters. The molecule has 6 heteroatoms. The lowest BCUT2D eigenvalue weighted by Crippen LogP contribution is -2.25. The van der Waals surface area contributed by atoms with Crippen LogP contribution in [-0.2, 0) is 17.7 Å². The maximum Gasteiger partial charge on any atom is 0.255 e. The lowest BCUT2D eigenvalue weighted by Gasteiger charge is -2.19. The van der Waals surface area contributed by atoms with Crippen molar-refractivity contribution in [3.63, 3.8) is 0 Å². The van der Waals surface area contributed by atoms with Gasteiger partial charge in [0.1, 0.15) is 18.2 Å². The predicted molar refractivity (Wildman–Crippen MR) is 93.6 cm³/mol. The van der Waals surface area contributed by atoms with Gasteiger partial charge in [-0.15, -0.1) is 0 Å². The quantitative estimate of drug-likeness (QED) is 0.791. The van der Waals surface area contributed by atoms with E-state index in [2.05, 4.69) is 10.6 Å². The average Bonchev–Trinajstić information content (AvgIpc) is 2.65. The number of methoxy groups -OCH3 is 1. The number of nitrogens with one attached hydrogen (secondary N) is 2. The number of amides is 1. The van der Waals surface area contributed by atoms with Gasteiger partial charge in [0.2, 0.25) is 0 Å². The van der Waals surface area contributed by atoms with Gasteiger partial charge in [-0.2, -0.15) is 0 Å². The minimum atomic E-state index is -0.351. The zero-order valence-electron chi connectivity index (χ0n) is 14.1. The highest BCUT2D eigenvalue weighted by molar-refractivity contribution is 6.04. The molecule has 0 spiro atoms. The van der Waals surface area contributed by atoms with E-state index in [0.717, 1.165) is 12.1 Å². The number of hydrogen-bond donors (Lipinski definition) is 2. The van der Waals surface area contributed by atoms with Crippen molar-refractivity contribution in [1.82, 2.24) is 5.32 Å². The Hall–Kier alpha value is -2.44. The molecule has 1 aliphatic rings. The standard InChI is InChI=1S/C19H21FN2O3/c1-24-10-11-25-15-5-2-13(3-6-15)19(23)22-17-7-4-14-12-21-9-8-16(14)18(17)20/h2-7,21H,8-12H2,1H3,(H,22,23). The average molecular weight is 344 g/mol. The van der Waals surface area contributed by atoms with Gasteiger partial charge >= 0.3 is 0 Å². The van der Waals surface area contributed by atoms with Crippen molar-refractivity contribution in [2.45, 2.75) is 13.0 Å². The van der Waals surface area contributed by atoms with E-state index in [-0.39, 0.29) is 17.4 Å². The van der Waals surface area contributed by atoms with E-state index in [1.54, 1.807) is 37.4 Å². The van der Waals surface area contributed by atoms with Gasteiger partial charge in [-0.25, -0.2) is 4.39 Å². The number of benzene rings is 2. The van der Waals surface area contributed by atoms with Crippen molar-refractivity contribution in [3.8, 4) is 5.75 Å². The normalized spacial score (nSPS) is 13.2. The number of fused-ring (bicyclic) bond motifs is 1. The molecule has 25 heavy (non-hydrogen) atoms. The third kappa shape index (κ3) is 4.15. The van der Waals surface area contributed by atoms with Crippen LogP contribution in [0.1, 0.15) is 21.5 Å². The lowest BCUT2D eigenvalue weighted by atomic mass is 9.99. The number of carbonyl (C=O) groups excluding carboxylic acids is 1. The van der Waals surface area contributed by atoms with Crippen LogP contribution in [0, 0.1) is 5.82 Å². The molecule has 0 saturated heterocycles. The van der Waals surface area contributed by atoms with Crippen LogP contribution in [0.25, 0.3) is 0 Å². The van der Waals surface area contributed by atoms with Crippen LogP contribution >= 0.6 is 0 Å². The number of rotatable bonds is 6. The third-order valence-corrected chi connectivity index (χ3v) is 4.13. The molecule has 0 radical (unpaired) electrons. The molecule has 0 fully saturated rings. The fourth-order valence-electron chi connectivity index (χ4n) is 2.77. The van der Waals surface area contributed by atoms with Gasteiger partial charge in [-0.05, 0) is 54.4 Å². The Morgan fingerprint density at radius 3 is 2.76 bits per heavy atom. The minimum Gasteiger partial charge on any atom is -0.491 e. The summed E-state index contributed by atoms with van der Waals surface area (Å²) < 4.78 is 25.0. The van der Waals surface area contributed by atoms with Gasteiger partial charge in [0, 0.05) is 19.2 Å². The molecule has 2 aromatic rings. The first-order chi connectivity index (χ1) is 12.2. The van der Waals surface area contributed by atoms with E-state index >= 15 is 0 Å². The molecule has 1 heterocycles. The Kier molecular flexibility index (Phi) is 5.63. The first-order valence-corrected chi connectivity index (χ1v) is 8.23. The highest BCUT2D eigenvalue weighted by Crippen LogP contribution is 2.25. The van der Waals surface area contributed by atoms with Crippen molar-refractivity contribution in [2.24, 2.45) is 0 Å². The van der Waals surface area contributed by atoms with Crippen LogP contribution in [0.2, 0.25) is 0 Å². The van der Waals surface area contributed by atoms with Gasteiger partial charge in [0.15, 0.2) is 0 Å². The SMILES string of the molecule is COCCOc1ccc(C(=O)Nc2ccc3c(c2F)CCNC3)cc1. The molecule has 2 N–H and O–H groups in total. The second kappa shape index (κ2) is 8.09. The summed E-state index contributed by atoms with van der Waals surface area (Å²) >= 11 is 0. The van der Waals surface area contributed by atoms with Gasteiger partial charge in [0.05, 0.1) is 12.3 Å². The van der Waals surface area contributed by atoms with Crippen molar-refractivity contribution in [3.05, 3.63) is 58.9 Å². The number of ether oxygens (including phenoxy) is 2. The van der Waals surface area contributed by atoms with Crippen molar-refractivity contribution in [2.75, 3.05) is 32.2 Å². The highest BCUT2D eigenvalue weighted by atomic mass is 19.1. The number of carbonyl (C=O) groups is 1. The van der Waals surface area contributed by atoms with Gasteiger partial charge in [-0.1, -0.05) is 6.07 Å². The number of halogens is 1. The fraction of sp³-hybridized carbons (Fsp3) is 0.316. The monoisotopic (exact) mass is 344 g/mol. The Balaban J connectivity index is 1.68.